The quantitative estimate of drug-likeness (QED) is 0.842. The maximum Gasteiger partial charge on any atom is 0.213 e. The van der Waals surface area contributed by atoms with Crippen LogP contribution in [0.4, 0.5) is 0 Å². The highest BCUT2D eigenvalue weighted by Gasteiger charge is 2.30. The first kappa shape index (κ1) is 15.7. The van der Waals surface area contributed by atoms with E-state index >= 15 is 0 Å². The van der Waals surface area contributed by atoms with Gasteiger partial charge in [-0.15, -0.1) is 0 Å². The molecule has 114 valence electrons. The minimum Gasteiger partial charge on any atom is -0.304 e. The van der Waals surface area contributed by atoms with Crippen molar-refractivity contribution in [1.29, 1.82) is 0 Å². The van der Waals surface area contributed by atoms with Crippen molar-refractivity contribution in [2.24, 2.45) is 0 Å². The lowest BCUT2D eigenvalue weighted by molar-refractivity contribution is 0.304. The van der Waals surface area contributed by atoms with Gasteiger partial charge in [-0.05, 0) is 38.4 Å². The summed E-state index contributed by atoms with van der Waals surface area (Å²) in [7, 11) is -3.12. The van der Waals surface area contributed by atoms with Crippen LogP contribution in [0, 0.1) is 4.77 Å². The van der Waals surface area contributed by atoms with Crippen LogP contribution in [-0.4, -0.2) is 46.3 Å². The Morgan fingerprint density at radius 1 is 1.45 bits per heavy atom. The van der Waals surface area contributed by atoms with Gasteiger partial charge in [-0.2, -0.15) is 5.10 Å². The molecule has 0 aliphatic carbocycles. The maximum absolute atomic E-state index is 12.0. The predicted molar refractivity (Wildman–Crippen MR) is 80.7 cm³/mol. The summed E-state index contributed by atoms with van der Waals surface area (Å²) in [6.45, 7) is 5.73. The second kappa shape index (κ2) is 6.36. The van der Waals surface area contributed by atoms with E-state index in [1.807, 2.05) is 4.57 Å². The molecule has 1 aliphatic heterocycles. The number of piperidine rings is 1. The molecule has 2 rings (SSSR count). The maximum atomic E-state index is 12.0. The average Bonchev–Trinajstić information content (AvgIpc) is 2.81. The molecule has 1 atom stereocenters. The van der Waals surface area contributed by atoms with Crippen LogP contribution >= 0.6 is 12.2 Å². The Morgan fingerprint density at radius 3 is 2.85 bits per heavy atom. The number of nitrogens with one attached hydrogen (secondary N) is 1. The summed E-state index contributed by atoms with van der Waals surface area (Å²) >= 11 is 5.25. The fourth-order valence-corrected chi connectivity index (χ4v) is 4.08. The first-order valence-corrected chi connectivity index (χ1v) is 9.14. The largest absolute Gasteiger partial charge is 0.304 e. The third-order valence-electron chi connectivity index (χ3n) is 3.74. The van der Waals surface area contributed by atoms with Gasteiger partial charge < -0.3 is 4.57 Å². The fraction of sp³-hybridized carbons (Fsp3) is 0.833. The van der Waals surface area contributed by atoms with Crippen molar-refractivity contribution in [3.63, 3.8) is 0 Å². The van der Waals surface area contributed by atoms with E-state index in [0.29, 0.717) is 17.9 Å². The van der Waals surface area contributed by atoms with Crippen LogP contribution in [0.25, 0.3) is 0 Å². The van der Waals surface area contributed by atoms with Crippen molar-refractivity contribution in [3.05, 3.63) is 10.6 Å². The van der Waals surface area contributed by atoms with Gasteiger partial charge in [0.15, 0.2) is 4.77 Å². The second-order valence-electron chi connectivity index (χ2n) is 5.14. The van der Waals surface area contributed by atoms with Crippen molar-refractivity contribution in [2.45, 2.75) is 45.6 Å². The summed E-state index contributed by atoms with van der Waals surface area (Å²) in [5.41, 5.74) is 0. The van der Waals surface area contributed by atoms with E-state index in [-0.39, 0.29) is 11.7 Å². The molecule has 8 heteroatoms. The van der Waals surface area contributed by atoms with Crippen molar-refractivity contribution in [3.8, 4) is 0 Å². The number of H-pyrrole nitrogens is 1. The van der Waals surface area contributed by atoms with Crippen molar-refractivity contribution >= 4 is 22.2 Å². The van der Waals surface area contributed by atoms with Crippen LogP contribution in [0.5, 0.6) is 0 Å². The molecule has 20 heavy (non-hydrogen) atoms. The Balaban J connectivity index is 2.23. The first-order chi connectivity index (χ1) is 9.49. The SMILES string of the molecule is CCCn1c(C2CCCN(S(=O)(=O)CC)C2)n[nH]c1=S. The summed E-state index contributed by atoms with van der Waals surface area (Å²) in [4.78, 5) is 0. The molecule has 0 saturated carbocycles. The number of hydrogen-bond donors (Lipinski definition) is 1. The molecule has 0 radical (unpaired) electrons. The Morgan fingerprint density at radius 2 is 2.20 bits per heavy atom. The highest BCUT2D eigenvalue weighted by atomic mass is 32.2. The lowest BCUT2D eigenvalue weighted by Crippen LogP contribution is -2.40. The van der Waals surface area contributed by atoms with Gasteiger partial charge in [-0.3, -0.25) is 5.10 Å². The van der Waals surface area contributed by atoms with Crippen LogP contribution in [0.1, 0.15) is 44.9 Å². The zero-order valence-corrected chi connectivity index (χ0v) is 13.6. The summed E-state index contributed by atoms with van der Waals surface area (Å²) in [5, 5.41) is 7.16. The molecule has 6 nitrogen and oxygen atoms in total. The van der Waals surface area contributed by atoms with E-state index in [0.717, 1.165) is 31.6 Å². The van der Waals surface area contributed by atoms with Gasteiger partial charge in [0, 0.05) is 25.6 Å². The number of aromatic nitrogens is 3. The molecule has 1 fully saturated rings. The second-order valence-corrected chi connectivity index (χ2v) is 7.78. The van der Waals surface area contributed by atoms with E-state index in [9.17, 15) is 8.42 Å². The van der Waals surface area contributed by atoms with Gasteiger partial charge in [0.1, 0.15) is 5.82 Å². The number of hydrogen-bond acceptors (Lipinski definition) is 4. The molecule has 2 heterocycles. The standard InChI is InChI=1S/C12H22N4O2S2/c1-3-7-16-11(13-14-12(16)19)10-6-5-8-15(9-10)20(17,18)4-2/h10H,3-9H2,1-2H3,(H,14,19). The van der Waals surface area contributed by atoms with E-state index in [2.05, 4.69) is 17.1 Å². The van der Waals surface area contributed by atoms with Crippen molar-refractivity contribution < 1.29 is 8.42 Å². The smallest absolute Gasteiger partial charge is 0.213 e. The van der Waals surface area contributed by atoms with Crippen LogP contribution in [0.3, 0.4) is 0 Å². The summed E-state index contributed by atoms with van der Waals surface area (Å²) in [5.74, 6) is 1.18. The van der Waals surface area contributed by atoms with Gasteiger partial charge in [0.25, 0.3) is 0 Å². The molecule has 0 aromatic carbocycles. The third kappa shape index (κ3) is 3.12. The number of aromatic amines is 1. The highest BCUT2D eigenvalue weighted by Crippen LogP contribution is 2.27. The lowest BCUT2D eigenvalue weighted by atomic mass is 9.99. The van der Waals surface area contributed by atoms with E-state index in [4.69, 9.17) is 12.2 Å². The van der Waals surface area contributed by atoms with E-state index in [1.54, 1.807) is 11.2 Å². The Hall–Kier alpha value is -0.730. The molecule has 0 spiro atoms. The Bertz CT molecular complexity index is 605. The Labute approximate surface area is 125 Å². The fourth-order valence-electron chi connectivity index (χ4n) is 2.67. The number of nitrogens with zero attached hydrogens (tertiary/aromatic N) is 3. The minimum atomic E-state index is -3.12. The summed E-state index contributed by atoms with van der Waals surface area (Å²) < 4.78 is 28.3. The van der Waals surface area contributed by atoms with Crippen molar-refractivity contribution in [1.82, 2.24) is 19.1 Å². The van der Waals surface area contributed by atoms with Crippen molar-refractivity contribution in [2.75, 3.05) is 18.8 Å². The molecule has 1 N–H and O–H groups in total. The van der Waals surface area contributed by atoms with Crippen LogP contribution in [0.15, 0.2) is 0 Å². The molecule has 1 aliphatic rings. The molecule has 1 unspecified atom stereocenters. The summed E-state index contributed by atoms with van der Waals surface area (Å²) in [6.07, 6.45) is 2.80. The Kier molecular flexibility index (Phi) is 4.98. The molecule has 1 aromatic rings. The molecule has 1 saturated heterocycles. The molecular weight excluding hydrogens is 296 g/mol. The van der Waals surface area contributed by atoms with Gasteiger partial charge >= 0.3 is 0 Å². The average molecular weight is 318 g/mol. The monoisotopic (exact) mass is 318 g/mol. The lowest BCUT2D eigenvalue weighted by Gasteiger charge is -2.31. The molecule has 0 amide bonds. The normalized spacial score (nSPS) is 21.2. The molecule has 0 bridgehead atoms. The van der Waals surface area contributed by atoms with Gasteiger partial charge in [-0.1, -0.05) is 6.92 Å². The van der Waals surface area contributed by atoms with E-state index in [1.165, 1.54) is 0 Å². The molecular formula is C12H22N4O2S2. The van der Waals surface area contributed by atoms with Gasteiger partial charge in [0.2, 0.25) is 10.0 Å². The zero-order chi connectivity index (χ0) is 14.8. The first-order valence-electron chi connectivity index (χ1n) is 7.12. The van der Waals surface area contributed by atoms with Crippen LogP contribution in [0.2, 0.25) is 0 Å². The third-order valence-corrected chi connectivity index (χ3v) is 5.90. The predicted octanol–water partition coefficient (Wildman–Crippen LogP) is 1.88. The van der Waals surface area contributed by atoms with Gasteiger partial charge in [0.05, 0.1) is 5.75 Å². The zero-order valence-electron chi connectivity index (χ0n) is 12.0. The number of rotatable bonds is 5. The van der Waals surface area contributed by atoms with Crippen LogP contribution < -0.4 is 0 Å². The van der Waals surface area contributed by atoms with Crippen LogP contribution in [-0.2, 0) is 16.6 Å². The minimum absolute atomic E-state index is 0.129. The highest BCUT2D eigenvalue weighted by molar-refractivity contribution is 7.89. The summed E-state index contributed by atoms with van der Waals surface area (Å²) in [6, 6.07) is 0. The number of sulfonamides is 1. The molecule has 1 aromatic heterocycles. The van der Waals surface area contributed by atoms with Gasteiger partial charge in [-0.25, -0.2) is 12.7 Å². The van der Waals surface area contributed by atoms with E-state index < -0.39 is 10.0 Å². The topological polar surface area (TPSA) is 71.0 Å².